The summed E-state index contributed by atoms with van der Waals surface area (Å²) in [6, 6.07) is 11.8. The molecule has 0 saturated heterocycles. The third-order valence-corrected chi connectivity index (χ3v) is 3.33. The molecule has 3 rings (SSSR count). The molecule has 3 N–H and O–H groups in total. The summed E-state index contributed by atoms with van der Waals surface area (Å²) in [6.07, 6.45) is 3.73. The summed E-state index contributed by atoms with van der Waals surface area (Å²) < 4.78 is 2.08. The molecule has 2 aromatic heterocycles. The van der Waals surface area contributed by atoms with Gasteiger partial charge in [-0.15, -0.1) is 0 Å². The Morgan fingerprint density at radius 2 is 2.00 bits per heavy atom. The summed E-state index contributed by atoms with van der Waals surface area (Å²) in [5.41, 5.74) is 6.79. The van der Waals surface area contributed by atoms with Crippen molar-refractivity contribution in [2.45, 2.75) is 13.1 Å². The highest BCUT2D eigenvalue weighted by Gasteiger charge is 2.05. The Morgan fingerprint density at radius 1 is 1.18 bits per heavy atom. The number of nitrogens with two attached hydrogens (primary N) is 1. The van der Waals surface area contributed by atoms with E-state index in [0.29, 0.717) is 17.5 Å². The van der Waals surface area contributed by atoms with Gasteiger partial charge in [-0.3, -0.25) is 0 Å². The molecule has 1 aromatic carbocycles. The lowest BCUT2D eigenvalue weighted by atomic mass is 10.2. The van der Waals surface area contributed by atoms with E-state index in [1.807, 2.05) is 24.4 Å². The largest absolute Gasteiger partial charge is 0.368 e. The van der Waals surface area contributed by atoms with Crippen molar-refractivity contribution in [2.75, 3.05) is 11.1 Å². The average molecular weight is 315 g/mol. The number of hydrogen-bond donors (Lipinski definition) is 2. The molecule has 0 spiro atoms. The van der Waals surface area contributed by atoms with Crippen LogP contribution in [0.1, 0.15) is 11.4 Å². The van der Waals surface area contributed by atoms with Gasteiger partial charge in [0.2, 0.25) is 5.95 Å². The molecule has 0 bridgehead atoms. The summed E-state index contributed by atoms with van der Waals surface area (Å²) in [5, 5.41) is 3.46. The van der Waals surface area contributed by atoms with Crippen molar-refractivity contribution >= 4 is 23.4 Å². The summed E-state index contributed by atoms with van der Waals surface area (Å²) in [7, 11) is 0. The highest BCUT2D eigenvalue weighted by molar-refractivity contribution is 6.29. The molecule has 0 aliphatic heterocycles. The van der Waals surface area contributed by atoms with E-state index in [-0.39, 0.29) is 5.95 Å². The molecule has 0 amide bonds. The molecule has 22 heavy (non-hydrogen) atoms. The van der Waals surface area contributed by atoms with Gasteiger partial charge in [0, 0.05) is 25.0 Å². The predicted octanol–water partition coefficient (Wildman–Crippen LogP) is 2.57. The van der Waals surface area contributed by atoms with Crippen LogP contribution >= 0.6 is 11.6 Å². The molecule has 7 heteroatoms. The maximum atomic E-state index is 5.86. The van der Waals surface area contributed by atoms with Crippen molar-refractivity contribution in [1.82, 2.24) is 19.5 Å². The predicted molar refractivity (Wildman–Crippen MR) is 86.6 cm³/mol. The van der Waals surface area contributed by atoms with Gasteiger partial charge in [-0.25, -0.2) is 9.97 Å². The third-order valence-electron chi connectivity index (χ3n) is 3.14. The molecular formula is C15H15ClN6. The normalized spacial score (nSPS) is 10.6. The molecule has 0 unspecified atom stereocenters. The zero-order valence-electron chi connectivity index (χ0n) is 11.8. The first-order valence-corrected chi connectivity index (χ1v) is 7.16. The van der Waals surface area contributed by atoms with Crippen molar-refractivity contribution < 1.29 is 0 Å². The quantitative estimate of drug-likeness (QED) is 0.707. The highest BCUT2D eigenvalue weighted by Crippen LogP contribution is 2.13. The van der Waals surface area contributed by atoms with Crippen molar-refractivity contribution in [2.24, 2.45) is 0 Å². The Morgan fingerprint density at radius 3 is 2.77 bits per heavy atom. The van der Waals surface area contributed by atoms with Crippen LogP contribution in [0.5, 0.6) is 0 Å². The number of halogens is 1. The molecule has 0 fully saturated rings. The SMILES string of the molecule is Nc1nc(Cl)cc(NCc2nccn2Cc2ccccc2)n1. The molecule has 0 radical (unpaired) electrons. The van der Waals surface area contributed by atoms with Gasteiger partial charge < -0.3 is 15.6 Å². The number of imidazole rings is 1. The lowest BCUT2D eigenvalue weighted by Crippen LogP contribution is -2.10. The lowest BCUT2D eigenvalue weighted by Gasteiger charge is -2.10. The Hall–Kier alpha value is -2.60. The molecule has 0 aliphatic rings. The number of nitrogen functional groups attached to an aromatic ring is 1. The maximum absolute atomic E-state index is 5.86. The zero-order chi connectivity index (χ0) is 15.4. The summed E-state index contributed by atoms with van der Waals surface area (Å²) >= 11 is 5.86. The Kier molecular flexibility index (Phi) is 4.20. The Labute approximate surface area is 133 Å². The van der Waals surface area contributed by atoms with Crippen LogP contribution in [0.3, 0.4) is 0 Å². The van der Waals surface area contributed by atoms with Crippen molar-refractivity contribution in [1.29, 1.82) is 0 Å². The highest BCUT2D eigenvalue weighted by atomic mass is 35.5. The Balaban J connectivity index is 1.70. The number of rotatable bonds is 5. The van der Waals surface area contributed by atoms with E-state index in [9.17, 15) is 0 Å². The fourth-order valence-electron chi connectivity index (χ4n) is 2.13. The van der Waals surface area contributed by atoms with Crippen molar-refractivity contribution in [3.8, 4) is 0 Å². The fraction of sp³-hybridized carbons (Fsp3) is 0.133. The van der Waals surface area contributed by atoms with Gasteiger partial charge in [0.1, 0.15) is 16.8 Å². The van der Waals surface area contributed by atoms with E-state index in [1.54, 1.807) is 12.3 Å². The van der Waals surface area contributed by atoms with E-state index in [4.69, 9.17) is 17.3 Å². The number of anilines is 2. The summed E-state index contributed by atoms with van der Waals surface area (Å²) in [4.78, 5) is 12.3. The lowest BCUT2D eigenvalue weighted by molar-refractivity contribution is 0.734. The van der Waals surface area contributed by atoms with Gasteiger partial charge in [0.15, 0.2) is 0 Å². The van der Waals surface area contributed by atoms with Crippen molar-refractivity contribution in [3.63, 3.8) is 0 Å². The maximum Gasteiger partial charge on any atom is 0.223 e. The number of hydrogen-bond acceptors (Lipinski definition) is 5. The fourth-order valence-corrected chi connectivity index (χ4v) is 2.32. The van der Waals surface area contributed by atoms with E-state index in [0.717, 1.165) is 12.4 Å². The molecule has 2 heterocycles. The first-order chi connectivity index (χ1) is 10.7. The summed E-state index contributed by atoms with van der Waals surface area (Å²) in [5.74, 6) is 1.62. The van der Waals surface area contributed by atoms with Crippen LogP contribution in [0, 0.1) is 0 Å². The first kappa shape index (κ1) is 14.3. The Bertz CT molecular complexity index is 735. The van der Waals surface area contributed by atoms with E-state index < -0.39 is 0 Å². The molecule has 3 aromatic rings. The molecule has 0 saturated carbocycles. The smallest absolute Gasteiger partial charge is 0.223 e. The van der Waals surface area contributed by atoms with Crippen LogP contribution in [0.4, 0.5) is 11.8 Å². The van der Waals surface area contributed by atoms with Gasteiger partial charge in [-0.05, 0) is 5.56 Å². The van der Waals surface area contributed by atoms with Gasteiger partial charge in [-0.1, -0.05) is 41.9 Å². The molecule has 0 aliphatic carbocycles. The number of nitrogens with zero attached hydrogens (tertiary/aromatic N) is 4. The van der Waals surface area contributed by atoms with E-state index >= 15 is 0 Å². The van der Waals surface area contributed by atoms with Gasteiger partial charge in [0.05, 0.1) is 6.54 Å². The minimum atomic E-state index is 0.141. The van der Waals surface area contributed by atoms with Crippen LogP contribution < -0.4 is 11.1 Å². The van der Waals surface area contributed by atoms with Gasteiger partial charge in [0.25, 0.3) is 0 Å². The topological polar surface area (TPSA) is 81.6 Å². The minimum absolute atomic E-state index is 0.141. The van der Waals surface area contributed by atoms with E-state index in [2.05, 4.69) is 37.0 Å². The molecule has 112 valence electrons. The second-order valence-corrected chi connectivity index (χ2v) is 5.13. The number of aromatic nitrogens is 4. The average Bonchev–Trinajstić information content (AvgIpc) is 2.92. The first-order valence-electron chi connectivity index (χ1n) is 6.78. The molecule has 0 atom stereocenters. The standard InChI is InChI=1S/C15H15ClN6/c16-12-8-13(21-15(17)20-12)19-9-14-18-6-7-22(14)10-11-4-2-1-3-5-11/h1-8H,9-10H2,(H3,17,19,20,21). The van der Waals surface area contributed by atoms with Crippen LogP contribution in [-0.4, -0.2) is 19.5 Å². The van der Waals surface area contributed by atoms with Crippen molar-refractivity contribution in [3.05, 3.63) is 65.3 Å². The monoisotopic (exact) mass is 314 g/mol. The van der Waals surface area contributed by atoms with E-state index in [1.165, 1.54) is 5.56 Å². The second-order valence-electron chi connectivity index (χ2n) is 4.74. The van der Waals surface area contributed by atoms with Crippen LogP contribution in [0.25, 0.3) is 0 Å². The molecule has 6 nitrogen and oxygen atoms in total. The number of nitrogens with one attached hydrogen (secondary N) is 1. The number of benzene rings is 1. The zero-order valence-corrected chi connectivity index (χ0v) is 12.5. The molecular weight excluding hydrogens is 300 g/mol. The third kappa shape index (κ3) is 3.53. The second kappa shape index (κ2) is 6.44. The minimum Gasteiger partial charge on any atom is -0.368 e. The van der Waals surface area contributed by atoms with Gasteiger partial charge in [-0.2, -0.15) is 4.98 Å². The van der Waals surface area contributed by atoms with Gasteiger partial charge >= 0.3 is 0 Å². The summed E-state index contributed by atoms with van der Waals surface area (Å²) in [6.45, 7) is 1.29. The van der Waals surface area contributed by atoms with Crippen LogP contribution in [0.2, 0.25) is 5.15 Å². The van der Waals surface area contributed by atoms with Crippen LogP contribution in [-0.2, 0) is 13.1 Å². The van der Waals surface area contributed by atoms with Crippen LogP contribution in [0.15, 0.2) is 48.8 Å².